The van der Waals surface area contributed by atoms with Gasteiger partial charge < -0.3 is 15.4 Å². The summed E-state index contributed by atoms with van der Waals surface area (Å²) in [6, 6.07) is 0.611. The standard InChI is InChI=1S/C13H25N3O2/c1-18-7-3-6-15-13(17)10-16-8-11-4-2-5-14-12(11)9-16/h11-12,14H,2-10H2,1H3,(H,15,17). The van der Waals surface area contributed by atoms with Gasteiger partial charge in [0.1, 0.15) is 0 Å². The van der Waals surface area contributed by atoms with Gasteiger partial charge in [-0.1, -0.05) is 0 Å². The molecule has 0 radical (unpaired) electrons. The molecule has 1 amide bonds. The Morgan fingerprint density at radius 2 is 2.39 bits per heavy atom. The molecule has 2 atom stereocenters. The number of ether oxygens (including phenoxy) is 1. The maximum atomic E-state index is 11.8. The quantitative estimate of drug-likeness (QED) is 0.647. The monoisotopic (exact) mass is 255 g/mol. The number of piperidine rings is 1. The number of methoxy groups -OCH3 is 1. The van der Waals surface area contributed by atoms with Crippen LogP contribution in [0.4, 0.5) is 0 Å². The molecule has 2 saturated heterocycles. The van der Waals surface area contributed by atoms with Gasteiger partial charge in [-0.15, -0.1) is 0 Å². The number of hydrogen-bond donors (Lipinski definition) is 2. The summed E-state index contributed by atoms with van der Waals surface area (Å²) in [6.45, 7) is 5.20. The molecule has 104 valence electrons. The summed E-state index contributed by atoms with van der Waals surface area (Å²) >= 11 is 0. The van der Waals surface area contributed by atoms with Crippen molar-refractivity contribution >= 4 is 5.91 Å². The van der Waals surface area contributed by atoms with Gasteiger partial charge in [0.15, 0.2) is 0 Å². The molecule has 2 fully saturated rings. The van der Waals surface area contributed by atoms with Gasteiger partial charge in [-0.3, -0.25) is 9.69 Å². The second-order valence-electron chi connectivity index (χ2n) is 5.35. The molecule has 0 saturated carbocycles. The number of nitrogens with one attached hydrogen (secondary N) is 2. The smallest absolute Gasteiger partial charge is 0.234 e. The van der Waals surface area contributed by atoms with Crippen molar-refractivity contribution in [1.82, 2.24) is 15.5 Å². The molecule has 0 aromatic carbocycles. The van der Waals surface area contributed by atoms with Gasteiger partial charge in [-0.25, -0.2) is 0 Å². The number of hydrogen-bond acceptors (Lipinski definition) is 4. The summed E-state index contributed by atoms with van der Waals surface area (Å²) in [5, 5.41) is 6.50. The third-order valence-corrected chi connectivity index (χ3v) is 3.89. The Morgan fingerprint density at radius 3 is 3.17 bits per heavy atom. The zero-order chi connectivity index (χ0) is 12.8. The van der Waals surface area contributed by atoms with Gasteiger partial charge in [-0.2, -0.15) is 0 Å². The highest BCUT2D eigenvalue weighted by Gasteiger charge is 2.34. The fourth-order valence-corrected chi connectivity index (χ4v) is 2.97. The molecule has 2 rings (SSSR count). The van der Waals surface area contributed by atoms with Crippen molar-refractivity contribution < 1.29 is 9.53 Å². The fraction of sp³-hybridized carbons (Fsp3) is 0.923. The normalized spacial score (nSPS) is 28.1. The Labute approximate surface area is 109 Å². The number of fused-ring (bicyclic) bond motifs is 1. The molecule has 5 nitrogen and oxygen atoms in total. The van der Waals surface area contributed by atoms with E-state index < -0.39 is 0 Å². The molecule has 0 bridgehead atoms. The number of rotatable bonds is 6. The molecule has 0 spiro atoms. The van der Waals surface area contributed by atoms with Crippen molar-refractivity contribution in [2.75, 3.05) is 46.4 Å². The lowest BCUT2D eigenvalue weighted by molar-refractivity contribution is -0.122. The van der Waals surface area contributed by atoms with Crippen molar-refractivity contribution in [3.8, 4) is 0 Å². The average Bonchev–Trinajstić information content (AvgIpc) is 2.76. The molecule has 0 aromatic heterocycles. The van der Waals surface area contributed by atoms with E-state index in [1.54, 1.807) is 7.11 Å². The van der Waals surface area contributed by atoms with Crippen LogP contribution in [0.5, 0.6) is 0 Å². The maximum absolute atomic E-state index is 11.8. The van der Waals surface area contributed by atoms with Crippen LogP contribution in [0.1, 0.15) is 19.3 Å². The Morgan fingerprint density at radius 1 is 1.50 bits per heavy atom. The number of carbonyl (C=O) groups excluding carboxylic acids is 1. The van der Waals surface area contributed by atoms with E-state index in [-0.39, 0.29) is 5.91 Å². The van der Waals surface area contributed by atoms with E-state index in [4.69, 9.17) is 4.74 Å². The van der Waals surface area contributed by atoms with Gasteiger partial charge in [0.25, 0.3) is 0 Å². The number of amides is 1. The highest BCUT2D eigenvalue weighted by atomic mass is 16.5. The number of nitrogens with zero attached hydrogens (tertiary/aromatic N) is 1. The molecule has 0 aromatic rings. The first-order valence-electron chi connectivity index (χ1n) is 7.01. The molecule has 5 heteroatoms. The summed E-state index contributed by atoms with van der Waals surface area (Å²) in [5.74, 6) is 0.893. The second kappa shape index (κ2) is 7.07. The van der Waals surface area contributed by atoms with Crippen LogP contribution in [-0.4, -0.2) is 63.3 Å². The Kier molecular flexibility index (Phi) is 5.41. The van der Waals surface area contributed by atoms with Crippen molar-refractivity contribution in [3.63, 3.8) is 0 Å². The van der Waals surface area contributed by atoms with E-state index in [2.05, 4.69) is 15.5 Å². The lowest BCUT2D eigenvalue weighted by Crippen LogP contribution is -2.41. The Bertz CT molecular complexity index is 259. The second-order valence-corrected chi connectivity index (χ2v) is 5.35. The van der Waals surface area contributed by atoms with E-state index in [9.17, 15) is 4.79 Å². The van der Waals surface area contributed by atoms with E-state index in [0.717, 1.165) is 32.0 Å². The summed E-state index contributed by atoms with van der Waals surface area (Å²) in [6.07, 6.45) is 3.47. The summed E-state index contributed by atoms with van der Waals surface area (Å²) < 4.78 is 4.95. The van der Waals surface area contributed by atoms with Crippen LogP contribution >= 0.6 is 0 Å². The number of carbonyl (C=O) groups is 1. The lowest BCUT2D eigenvalue weighted by atomic mass is 9.94. The van der Waals surface area contributed by atoms with Crippen LogP contribution in [0.3, 0.4) is 0 Å². The van der Waals surface area contributed by atoms with Gasteiger partial charge in [0.05, 0.1) is 6.54 Å². The summed E-state index contributed by atoms with van der Waals surface area (Å²) in [5.41, 5.74) is 0. The van der Waals surface area contributed by atoms with Crippen LogP contribution in [-0.2, 0) is 9.53 Å². The fourth-order valence-electron chi connectivity index (χ4n) is 2.97. The zero-order valence-corrected chi connectivity index (χ0v) is 11.3. The molecule has 2 aliphatic rings. The summed E-state index contributed by atoms with van der Waals surface area (Å²) in [4.78, 5) is 14.0. The van der Waals surface area contributed by atoms with Gasteiger partial charge >= 0.3 is 0 Å². The zero-order valence-electron chi connectivity index (χ0n) is 11.3. The molecular weight excluding hydrogens is 230 g/mol. The Hall–Kier alpha value is -0.650. The molecule has 0 aliphatic carbocycles. The first-order chi connectivity index (χ1) is 8.79. The summed E-state index contributed by atoms with van der Waals surface area (Å²) in [7, 11) is 1.68. The molecule has 2 unspecified atom stereocenters. The lowest BCUT2D eigenvalue weighted by Gasteiger charge is -2.24. The largest absolute Gasteiger partial charge is 0.385 e. The minimum atomic E-state index is 0.143. The van der Waals surface area contributed by atoms with Crippen molar-refractivity contribution in [1.29, 1.82) is 0 Å². The third kappa shape index (κ3) is 3.93. The van der Waals surface area contributed by atoms with E-state index >= 15 is 0 Å². The molecular formula is C13H25N3O2. The van der Waals surface area contributed by atoms with E-state index in [0.29, 0.717) is 25.7 Å². The SMILES string of the molecule is COCCCNC(=O)CN1CC2CCCNC2C1. The van der Waals surface area contributed by atoms with E-state index in [1.165, 1.54) is 12.8 Å². The highest BCUT2D eigenvalue weighted by molar-refractivity contribution is 5.78. The molecule has 2 heterocycles. The third-order valence-electron chi connectivity index (χ3n) is 3.89. The first-order valence-corrected chi connectivity index (χ1v) is 7.01. The topological polar surface area (TPSA) is 53.6 Å². The predicted octanol–water partition coefficient (Wildman–Crippen LogP) is -0.177. The van der Waals surface area contributed by atoms with Crippen LogP contribution in [0.25, 0.3) is 0 Å². The van der Waals surface area contributed by atoms with Crippen LogP contribution in [0.15, 0.2) is 0 Å². The van der Waals surface area contributed by atoms with Gasteiger partial charge in [0, 0.05) is 39.4 Å². The van der Waals surface area contributed by atoms with Crippen molar-refractivity contribution in [2.24, 2.45) is 5.92 Å². The van der Waals surface area contributed by atoms with E-state index in [1.807, 2.05) is 0 Å². The average molecular weight is 255 g/mol. The number of likely N-dealkylation sites (tertiary alicyclic amines) is 1. The first kappa shape index (κ1) is 13.8. The minimum Gasteiger partial charge on any atom is -0.385 e. The van der Waals surface area contributed by atoms with Crippen LogP contribution in [0.2, 0.25) is 0 Å². The van der Waals surface area contributed by atoms with Gasteiger partial charge in [-0.05, 0) is 31.7 Å². The molecule has 18 heavy (non-hydrogen) atoms. The molecule has 2 aliphatic heterocycles. The van der Waals surface area contributed by atoms with Crippen molar-refractivity contribution in [3.05, 3.63) is 0 Å². The van der Waals surface area contributed by atoms with Gasteiger partial charge in [0.2, 0.25) is 5.91 Å². The minimum absolute atomic E-state index is 0.143. The highest BCUT2D eigenvalue weighted by Crippen LogP contribution is 2.24. The van der Waals surface area contributed by atoms with Crippen LogP contribution in [0, 0.1) is 5.92 Å². The predicted molar refractivity (Wildman–Crippen MR) is 70.5 cm³/mol. The van der Waals surface area contributed by atoms with Crippen molar-refractivity contribution in [2.45, 2.75) is 25.3 Å². The Balaban J connectivity index is 1.63. The molecule has 2 N–H and O–H groups in total. The van der Waals surface area contributed by atoms with Crippen LogP contribution < -0.4 is 10.6 Å². The maximum Gasteiger partial charge on any atom is 0.234 e.